The summed E-state index contributed by atoms with van der Waals surface area (Å²) in [5.74, 6) is 0.519. The van der Waals surface area contributed by atoms with Crippen molar-refractivity contribution in [2.75, 3.05) is 12.4 Å². The second-order valence-corrected chi connectivity index (χ2v) is 6.62. The topological polar surface area (TPSA) is 67.4 Å². The van der Waals surface area contributed by atoms with Crippen LogP contribution in [-0.4, -0.2) is 18.9 Å². The van der Waals surface area contributed by atoms with Crippen molar-refractivity contribution < 1.29 is 14.3 Å². The van der Waals surface area contributed by atoms with E-state index in [2.05, 4.69) is 10.6 Å². The van der Waals surface area contributed by atoms with Crippen LogP contribution in [0.15, 0.2) is 48.5 Å². The first-order chi connectivity index (χ1) is 12.6. The van der Waals surface area contributed by atoms with Crippen LogP contribution in [0.25, 0.3) is 0 Å². The molecular weight excluding hydrogens is 328 g/mol. The molecule has 0 bridgehead atoms. The van der Waals surface area contributed by atoms with Gasteiger partial charge in [-0.3, -0.25) is 9.59 Å². The predicted molar refractivity (Wildman–Crippen MR) is 101 cm³/mol. The van der Waals surface area contributed by atoms with Crippen LogP contribution in [0.2, 0.25) is 0 Å². The van der Waals surface area contributed by atoms with Crippen molar-refractivity contribution in [3.63, 3.8) is 0 Å². The number of ether oxygens (including phenoxy) is 1. The SMILES string of the molecule is COc1ccccc1[C@@H](C)NC(=O)CC[C@@H]1Cc2ccccc2NC1=O. The van der Waals surface area contributed by atoms with Gasteiger partial charge in [-0.2, -0.15) is 0 Å². The summed E-state index contributed by atoms with van der Waals surface area (Å²) in [6.45, 7) is 1.93. The van der Waals surface area contributed by atoms with Crippen LogP contribution in [0.4, 0.5) is 5.69 Å². The third-order valence-electron chi connectivity index (χ3n) is 4.82. The van der Waals surface area contributed by atoms with Gasteiger partial charge in [-0.1, -0.05) is 36.4 Å². The average Bonchev–Trinajstić information content (AvgIpc) is 2.66. The smallest absolute Gasteiger partial charge is 0.227 e. The molecule has 0 unspecified atom stereocenters. The third-order valence-corrected chi connectivity index (χ3v) is 4.82. The zero-order valence-corrected chi connectivity index (χ0v) is 15.1. The van der Waals surface area contributed by atoms with Gasteiger partial charge < -0.3 is 15.4 Å². The van der Waals surface area contributed by atoms with Gasteiger partial charge in [0.15, 0.2) is 0 Å². The highest BCUT2D eigenvalue weighted by molar-refractivity contribution is 5.96. The number of fused-ring (bicyclic) bond motifs is 1. The number of methoxy groups -OCH3 is 1. The highest BCUT2D eigenvalue weighted by Gasteiger charge is 2.26. The summed E-state index contributed by atoms with van der Waals surface area (Å²) in [7, 11) is 1.62. The van der Waals surface area contributed by atoms with Crippen molar-refractivity contribution in [2.45, 2.75) is 32.2 Å². The lowest BCUT2D eigenvalue weighted by molar-refractivity contribution is -0.123. The number of hydrogen-bond acceptors (Lipinski definition) is 3. The largest absolute Gasteiger partial charge is 0.496 e. The van der Waals surface area contributed by atoms with Gasteiger partial charge in [0.1, 0.15) is 5.75 Å². The minimum Gasteiger partial charge on any atom is -0.496 e. The van der Waals surface area contributed by atoms with Crippen molar-refractivity contribution in [1.82, 2.24) is 5.32 Å². The Labute approximate surface area is 153 Å². The maximum Gasteiger partial charge on any atom is 0.227 e. The van der Waals surface area contributed by atoms with Crippen molar-refractivity contribution in [3.8, 4) is 5.75 Å². The zero-order valence-electron chi connectivity index (χ0n) is 15.1. The molecule has 0 spiro atoms. The molecule has 1 aliphatic rings. The number of anilines is 1. The number of nitrogens with one attached hydrogen (secondary N) is 2. The molecule has 0 aliphatic carbocycles. The first kappa shape index (κ1) is 18.0. The molecule has 0 radical (unpaired) electrons. The lowest BCUT2D eigenvalue weighted by Crippen LogP contribution is -2.32. The molecule has 3 rings (SSSR count). The van der Waals surface area contributed by atoms with Crippen LogP contribution in [0.5, 0.6) is 5.75 Å². The molecule has 2 N–H and O–H groups in total. The van der Waals surface area contributed by atoms with E-state index in [1.807, 2.05) is 55.5 Å². The number of hydrogen-bond donors (Lipinski definition) is 2. The van der Waals surface area contributed by atoms with Gasteiger partial charge in [0.2, 0.25) is 11.8 Å². The first-order valence-electron chi connectivity index (χ1n) is 8.89. The second kappa shape index (κ2) is 8.04. The molecule has 0 fully saturated rings. The van der Waals surface area contributed by atoms with Crippen molar-refractivity contribution in [3.05, 3.63) is 59.7 Å². The molecule has 0 saturated heterocycles. The van der Waals surface area contributed by atoms with E-state index in [9.17, 15) is 9.59 Å². The average molecular weight is 352 g/mol. The Balaban J connectivity index is 1.55. The summed E-state index contributed by atoms with van der Waals surface area (Å²) in [6.07, 6.45) is 1.53. The van der Waals surface area contributed by atoms with E-state index in [1.165, 1.54) is 0 Å². The van der Waals surface area contributed by atoms with E-state index >= 15 is 0 Å². The molecular formula is C21H24N2O3. The number of para-hydroxylation sites is 2. The van der Waals surface area contributed by atoms with E-state index in [0.29, 0.717) is 19.3 Å². The summed E-state index contributed by atoms with van der Waals surface area (Å²) in [5.41, 5.74) is 2.94. The Morgan fingerprint density at radius 2 is 1.96 bits per heavy atom. The number of rotatable bonds is 6. The normalized spacial score (nSPS) is 17.0. The van der Waals surface area contributed by atoms with Crippen LogP contribution >= 0.6 is 0 Å². The molecule has 2 aromatic rings. The maximum atomic E-state index is 12.3. The van der Waals surface area contributed by atoms with Crippen LogP contribution in [0.1, 0.15) is 36.9 Å². The van der Waals surface area contributed by atoms with Crippen LogP contribution in [0, 0.1) is 5.92 Å². The minimum atomic E-state index is -0.169. The highest BCUT2D eigenvalue weighted by Crippen LogP contribution is 2.28. The van der Waals surface area contributed by atoms with Crippen LogP contribution < -0.4 is 15.4 Å². The molecule has 5 nitrogen and oxygen atoms in total. The number of amides is 2. The standard InChI is InChI=1S/C21H24N2O3/c1-14(17-8-4-6-10-19(17)26-2)22-20(24)12-11-16-13-15-7-3-5-9-18(15)23-21(16)25/h3-10,14,16H,11-13H2,1-2H3,(H,22,24)(H,23,25)/t14-,16-/m1/s1. The molecule has 1 heterocycles. The predicted octanol–water partition coefficient (Wildman–Crippen LogP) is 3.46. The van der Waals surface area contributed by atoms with E-state index < -0.39 is 0 Å². The summed E-state index contributed by atoms with van der Waals surface area (Å²) < 4.78 is 5.35. The van der Waals surface area contributed by atoms with Crippen molar-refractivity contribution in [2.24, 2.45) is 5.92 Å². The lowest BCUT2D eigenvalue weighted by atomic mass is 9.89. The first-order valence-corrected chi connectivity index (χ1v) is 8.89. The minimum absolute atomic E-state index is 0.00530. The second-order valence-electron chi connectivity index (χ2n) is 6.62. The molecule has 26 heavy (non-hydrogen) atoms. The monoisotopic (exact) mass is 352 g/mol. The molecule has 5 heteroatoms. The highest BCUT2D eigenvalue weighted by atomic mass is 16.5. The Kier molecular flexibility index (Phi) is 5.56. The van der Waals surface area contributed by atoms with E-state index in [-0.39, 0.29) is 23.8 Å². The van der Waals surface area contributed by atoms with E-state index in [4.69, 9.17) is 4.74 Å². The van der Waals surface area contributed by atoms with Crippen molar-refractivity contribution >= 4 is 17.5 Å². The van der Waals surface area contributed by atoms with Crippen LogP contribution in [0.3, 0.4) is 0 Å². The summed E-state index contributed by atoms with van der Waals surface area (Å²) >= 11 is 0. The van der Waals surface area contributed by atoms with Gasteiger partial charge in [0.25, 0.3) is 0 Å². The molecule has 0 aromatic heterocycles. The van der Waals surface area contributed by atoms with Gasteiger partial charge in [0.05, 0.1) is 13.2 Å². The molecule has 2 atom stereocenters. The Hall–Kier alpha value is -2.82. The molecule has 0 saturated carbocycles. The maximum absolute atomic E-state index is 12.3. The zero-order chi connectivity index (χ0) is 18.5. The van der Waals surface area contributed by atoms with Gasteiger partial charge in [-0.05, 0) is 37.5 Å². The van der Waals surface area contributed by atoms with Gasteiger partial charge >= 0.3 is 0 Å². The lowest BCUT2D eigenvalue weighted by Gasteiger charge is -2.24. The number of carbonyl (C=O) groups excluding carboxylic acids is 2. The summed E-state index contributed by atoms with van der Waals surface area (Å²) in [6, 6.07) is 15.3. The van der Waals surface area contributed by atoms with Gasteiger partial charge in [-0.15, -0.1) is 0 Å². The third kappa shape index (κ3) is 4.04. The molecule has 2 aromatic carbocycles. The summed E-state index contributed by atoms with van der Waals surface area (Å²) in [4.78, 5) is 24.6. The fourth-order valence-corrected chi connectivity index (χ4v) is 3.37. The molecule has 136 valence electrons. The Bertz CT molecular complexity index is 803. The number of benzene rings is 2. The van der Waals surface area contributed by atoms with Gasteiger partial charge in [0, 0.05) is 23.6 Å². The quantitative estimate of drug-likeness (QED) is 0.836. The fraction of sp³-hybridized carbons (Fsp3) is 0.333. The molecule has 1 aliphatic heterocycles. The number of carbonyl (C=O) groups is 2. The van der Waals surface area contributed by atoms with Crippen molar-refractivity contribution in [1.29, 1.82) is 0 Å². The van der Waals surface area contributed by atoms with Crippen LogP contribution in [-0.2, 0) is 16.0 Å². The Morgan fingerprint density at radius 3 is 2.77 bits per heavy atom. The fourth-order valence-electron chi connectivity index (χ4n) is 3.37. The summed E-state index contributed by atoms with van der Waals surface area (Å²) in [5, 5.41) is 5.92. The van der Waals surface area contributed by atoms with E-state index in [1.54, 1.807) is 7.11 Å². The van der Waals surface area contributed by atoms with Gasteiger partial charge in [-0.25, -0.2) is 0 Å². The Morgan fingerprint density at radius 1 is 1.23 bits per heavy atom. The van der Waals surface area contributed by atoms with E-state index in [0.717, 1.165) is 22.6 Å². The molecule has 2 amide bonds.